The molecule has 1 heterocycles. The van der Waals surface area contributed by atoms with Gasteiger partial charge < -0.3 is 19.5 Å². The van der Waals surface area contributed by atoms with Crippen LogP contribution in [0.4, 0.5) is 4.79 Å². The first-order valence-corrected chi connectivity index (χ1v) is 10.1. The second kappa shape index (κ2) is 10.6. The van der Waals surface area contributed by atoms with Gasteiger partial charge in [-0.1, -0.05) is 42.5 Å². The first kappa shape index (κ1) is 23.0. The number of allylic oxidation sites excluding steroid dienone is 1. The van der Waals surface area contributed by atoms with Gasteiger partial charge in [-0.05, 0) is 30.2 Å². The zero-order chi connectivity index (χ0) is 23.1. The van der Waals surface area contributed by atoms with Crippen LogP contribution in [-0.2, 0) is 25.5 Å². The van der Waals surface area contributed by atoms with Crippen LogP contribution in [0, 0.1) is 0 Å². The normalized spacial score (nSPS) is 15.9. The topological polar surface area (TPSA) is 94.2 Å². The molecule has 0 radical (unpaired) electrons. The van der Waals surface area contributed by atoms with Gasteiger partial charge in [-0.15, -0.1) is 0 Å². The highest BCUT2D eigenvalue weighted by Crippen LogP contribution is 2.32. The molecular weight excluding hydrogens is 412 g/mol. The molecule has 0 spiro atoms. The van der Waals surface area contributed by atoms with Crippen molar-refractivity contribution in [3.8, 4) is 0 Å². The molecule has 0 saturated heterocycles. The van der Waals surface area contributed by atoms with E-state index in [-0.39, 0.29) is 19.2 Å². The van der Waals surface area contributed by atoms with E-state index in [4.69, 9.17) is 14.2 Å². The number of methoxy groups -OCH3 is 2. The highest BCUT2D eigenvalue weighted by Gasteiger charge is 2.36. The number of hydrogen-bond acceptors (Lipinski definition) is 6. The summed E-state index contributed by atoms with van der Waals surface area (Å²) in [4.78, 5) is 39.2. The van der Waals surface area contributed by atoms with Crippen LogP contribution in [0.2, 0.25) is 0 Å². The molecule has 168 valence electrons. The van der Waals surface area contributed by atoms with Crippen molar-refractivity contribution in [2.75, 3.05) is 27.4 Å². The lowest BCUT2D eigenvalue weighted by Crippen LogP contribution is -2.47. The number of amides is 2. The van der Waals surface area contributed by atoms with Gasteiger partial charge in [0.1, 0.15) is 6.61 Å². The highest BCUT2D eigenvalue weighted by molar-refractivity contribution is 5.95. The molecule has 8 heteroatoms. The van der Waals surface area contributed by atoms with E-state index in [0.717, 1.165) is 5.56 Å². The first-order chi connectivity index (χ1) is 15.5. The summed E-state index contributed by atoms with van der Waals surface area (Å²) in [5.41, 5.74) is 2.76. The van der Waals surface area contributed by atoms with Crippen molar-refractivity contribution in [3.63, 3.8) is 0 Å². The van der Waals surface area contributed by atoms with Gasteiger partial charge >= 0.3 is 18.0 Å². The summed E-state index contributed by atoms with van der Waals surface area (Å²) in [6, 6.07) is 15.0. The van der Waals surface area contributed by atoms with Gasteiger partial charge in [-0.2, -0.15) is 0 Å². The smallest absolute Gasteiger partial charge is 0.338 e. The molecule has 0 bridgehead atoms. The molecule has 0 aromatic heterocycles. The molecule has 0 aliphatic carbocycles. The predicted molar refractivity (Wildman–Crippen MR) is 117 cm³/mol. The Kier molecular flexibility index (Phi) is 7.62. The van der Waals surface area contributed by atoms with Crippen LogP contribution in [-0.4, -0.2) is 50.3 Å². The summed E-state index contributed by atoms with van der Waals surface area (Å²) in [5, 5.41) is 2.90. The molecule has 8 nitrogen and oxygen atoms in total. The quantitative estimate of drug-likeness (QED) is 0.503. The fraction of sp³-hybridized carbons (Fsp3) is 0.292. The van der Waals surface area contributed by atoms with E-state index in [1.54, 1.807) is 31.2 Å². The van der Waals surface area contributed by atoms with Crippen LogP contribution >= 0.6 is 0 Å². The maximum atomic E-state index is 13.0. The molecule has 1 aliphatic heterocycles. The highest BCUT2D eigenvalue weighted by atomic mass is 16.6. The van der Waals surface area contributed by atoms with E-state index in [1.165, 1.54) is 19.1 Å². The van der Waals surface area contributed by atoms with Gasteiger partial charge in [0.05, 0.1) is 37.4 Å². The Labute approximate surface area is 186 Å². The van der Waals surface area contributed by atoms with Crippen molar-refractivity contribution < 1.29 is 28.6 Å². The van der Waals surface area contributed by atoms with Gasteiger partial charge in [0.25, 0.3) is 0 Å². The minimum atomic E-state index is -0.726. The van der Waals surface area contributed by atoms with Crippen molar-refractivity contribution in [2.45, 2.75) is 19.5 Å². The number of urea groups is 1. The van der Waals surface area contributed by atoms with E-state index in [1.807, 2.05) is 30.3 Å². The van der Waals surface area contributed by atoms with Crippen LogP contribution in [0.15, 0.2) is 65.9 Å². The molecule has 1 unspecified atom stereocenters. The van der Waals surface area contributed by atoms with Crippen LogP contribution < -0.4 is 5.32 Å². The van der Waals surface area contributed by atoms with Crippen molar-refractivity contribution in [3.05, 3.63) is 82.6 Å². The molecule has 0 saturated carbocycles. The van der Waals surface area contributed by atoms with Gasteiger partial charge in [0.15, 0.2) is 0 Å². The molecule has 1 N–H and O–H groups in total. The summed E-state index contributed by atoms with van der Waals surface area (Å²) in [6.45, 7) is 2.38. The fourth-order valence-corrected chi connectivity index (χ4v) is 3.48. The Morgan fingerprint density at radius 2 is 1.66 bits per heavy atom. The molecule has 0 fully saturated rings. The lowest BCUT2D eigenvalue weighted by atomic mass is 9.94. The number of hydrogen-bond donors (Lipinski definition) is 1. The van der Waals surface area contributed by atoms with Crippen molar-refractivity contribution >= 4 is 18.0 Å². The second-order valence-electron chi connectivity index (χ2n) is 7.20. The fourth-order valence-electron chi connectivity index (χ4n) is 3.48. The van der Waals surface area contributed by atoms with E-state index >= 15 is 0 Å². The van der Waals surface area contributed by atoms with Crippen LogP contribution in [0.3, 0.4) is 0 Å². The number of ether oxygens (including phenoxy) is 3. The van der Waals surface area contributed by atoms with Gasteiger partial charge in [-0.25, -0.2) is 14.4 Å². The monoisotopic (exact) mass is 438 g/mol. The Hall–Kier alpha value is -3.65. The molecule has 3 rings (SSSR count). The first-order valence-electron chi connectivity index (χ1n) is 10.1. The van der Waals surface area contributed by atoms with E-state index in [9.17, 15) is 14.4 Å². The van der Waals surface area contributed by atoms with Gasteiger partial charge in [0.2, 0.25) is 0 Å². The Morgan fingerprint density at radius 1 is 0.969 bits per heavy atom. The van der Waals surface area contributed by atoms with E-state index in [0.29, 0.717) is 28.9 Å². The van der Waals surface area contributed by atoms with Crippen molar-refractivity contribution in [2.24, 2.45) is 0 Å². The average molecular weight is 438 g/mol. The molecule has 1 atom stereocenters. The second-order valence-corrected chi connectivity index (χ2v) is 7.20. The number of carbonyl (C=O) groups is 3. The van der Waals surface area contributed by atoms with Crippen molar-refractivity contribution in [1.82, 2.24) is 10.2 Å². The summed E-state index contributed by atoms with van der Waals surface area (Å²) < 4.78 is 15.1. The molecule has 2 amide bonds. The van der Waals surface area contributed by atoms with E-state index in [2.05, 4.69) is 5.32 Å². The minimum Gasteiger partial charge on any atom is -0.465 e. The SMILES string of the molecule is COCCOC(=O)C1=C(C)N(Cc2ccccc2)C(=O)NC1c1ccc(C(=O)OC)cc1. The Balaban J connectivity index is 1.97. The standard InChI is InChI=1S/C24H26N2O6/c1-16-20(23(28)32-14-13-30-2)21(18-9-11-19(12-10-18)22(27)31-3)25-24(29)26(16)15-17-7-5-4-6-8-17/h4-12,21H,13-15H2,1-3H3,(H,25,29). The average Bonchev–Trinajstić information content (AvgIpc) is 2.81. The Bertz CT molecular complexity index is 1000. The molecule has 2 aromatic carbocycles. The van der Waals surface area contributed by atoms with Crippen molar-refractivity contribution in [1.29, 1.82) is 0 Å². The zero-order valence-corrected chi connectivity index (χ0v) is 18.3. The van der Waals surface area contributed by atoms with Crippen LogP contribution in [0.25, 0.3) is 0 Å². The number of rotatable bonds is 8. The number of carbonyl (C=O) groups excluding carboxylic acids is 3. The zero-order valence-electron chi connectivity index (χ0n) is 18.3. The number of nitrogens with zero attached hydrogens (tertiary/aromatic N) is 1. The summed E-state index contributed by atoms with van der Waals surface area (Å²) in [7, 11) is 2.82. The summed E-state index contributed by atoms with van der Waals surface area (Å²) in [5.74, 6) is -1.01. The predicted octanol–water partition coefficient (Wildman–Crippen LogP) is 3.20. The number of esters is 2. The summed E-state index contributed by atoms with van der Waals surface area (Å²) in [6.07, 6.45) is 0. The maximum Gasteiger partial charge on any atom is 0.338 e. The van der Waals surface area contributed by atoms with Crippen LogP contribution in [0.5, 0.6) is 0 Å². The van der Waals surface area contributed by atoms with Crippen LogP contribution in [0.1, 0.15) is 34.5 Å². The largest absolute Gasteiger partial charge is 0.465 e. The third-order valence-corrected chi connectivity index (χ3v) is 5.19. The number of nitrogens with one attached hydrogen (secondary N) is 1. The minimum absolute atomic E-state index is 0.0900. The molecule has 32 heavy (non-hydrogen) atoms. The summed E-state index contributed by atoms with van der Waals surface area (Å²) >= 11 is 0. The molecule has 2 aromatic rings. The van der Waals surface area contributed by atoms with E-state index < -0.39 is 18.0 Å². The third kappa shape index (κ3) is 5.15. The lowest BCUT2D eigenvalue weighted by Gasteiger charge is -2.35. The lowest BCUT2D eigenvalue weighted by molar-refractivity contribution is -0.140. The Morgan fingerprint density at radius 3 is 2.28 bits per heavy atom. The third-order valence-electron chi connectivity index (χ3n) is 5.19. The maximum absolute atomic E-state index is 13.0. The molecular formula is C24H26N2O6. The molecule has 1 aliphatic rings. The van der Waals surface area contributed by atoms with Gasteiger partial charge in [0, 0.05) is 12.8 Å². The number of benzene rings is 2. The van der Waals surface area contributed by atoms with Gasteiger partial charge in [-0.3, -0.25) is 4.90 Å².